The lowest BCUT2D eigenvalue weighted by Gasteiger charge is -2.09. The lowest BCUT2D eigenvalue weighted by molar-refractivity contribution is 1.23. The lowest BCUT2D eigenvalue weighted by atomic mass is 10.0. The molecule has 0 aliphatic rings. The molecule has 5 heteroatoms. The number of nitrogens with zero attached hydrogens (tertiary/aromatic N) is 4. The second-order valence-corrected chi connectivity index (χ2v) is 8.51. The maximum absolute atomic E-state index is 4.80. The SMILES string of the molecule is c1ccc2c(c1)sc1ccc(-c3cn4c5ccncc5nc4c4ncccc34)cc12. The van der Waals surface area contributed by atoms with Crippen LogP contribution in [0.3, 0.4) is 0 Å². The second-order valence-electron chi connectivity index (χ2n) is 7.42. The minimum absolute atomic E-state index is 0.861. The van der Waals surface area contributed by atoms with E-state index in [1.807, 2.05) is 35.9 Å². The van der Waals surface area contributed by atoms with Crippen molar-refractivity contribution in [2.75, 3.05) is 0 Å². The third-order valence-electron chi connectivity index (χ3n) is 5.75. The molecule has 7 rings (SSSR count). The van der Waals surface area contributed by atoms with Crippen LogP contribution in [0.2, 0.25) is 0 Å². The van der Waals surface area contributed by atoms with Gasteiger partial charge in [0.2, 0.25) is 0 Å². The van der Waals surface area contributed by atoms with Gasteiger partial charge in [-0.25, -0.2) is 4.98 Å². The minimum Gasteiger partial charge on any atom is -0.297 e. The van der Waals surface area contributed by atoms with Crippen LogP contribution in [-0.2, 0) is 0 Å². The number of pyridine rings is 3. The zero-order valence-electron chi connectivity index (χ0n) is 15.8. The van der Waals surface area contributed by atoms with Crippen molar-refractivity contribution in [2.45, 2.75) is 0 Å². The van der Waals surface area contributed by atoms with Crippen molar-refractivity contribution in [1.82, 2.24) is 19.4 Å². The van der Waals surface area contributed by atoms with Gasteiger partial charge < -0.3 is 0 Å². The van der Waals surface area contributed by atoms with Crippen LogP contribution < -0.4 is 0 Å². The summed E-state index contributed by atoms with van der Waals surface area (Å²) in [6.45, 7) is 0. The van der Waals surface area contributed by atoms with Crippen LogP contribution in [0.1, 0.15) is 0 Å². The van der Waals surface area contributed by atoms with Crippen LogP contribution in [0.25, 0.3) is 58.9 Å². The number of hydrogen-bond acceptors (Lipinski definition) is 4. The highest BCUT2D eigenvalue weighted by Crippen LogP contribution is 2.38. The Morgan fingerprint density at radius 2 is 1.70 bits per heavy atom. The van der Waals surface area contributed by atoms with Crippen molar-refractivity contribution in [2.24, 2.45) is 0 Å². The molecular weight excluding hydrogens is 388 g/mol. The smallest absolute Gasteiger partial charge is 0.164 e. The molecule has 30 heavy (non-hydrogen) atoms. The first-order valence-electron chi connectivity index (χ1n) is 9.78. The Morgan fingerprint density at radius 3 is 2.70 bits per heavy atom. The van der Waals surface area contributed by atoms with E-state index in [9.17, 15) is 0 Å². The fourth-order valence-electron chi connectivity index (χ4n) is 4.37. The predicted octanol–water partition coefficient (Wildman–Crippen LogP) is 6.47. The highest BCUT2D eigenvalue weighted by Gasteiger charge is 2.15. The Labute approximate surface area is 175 Å². The van der Waals surface area contributed by atoms with Gasteiger partial charge in [-0.2, -0.15) is 0 Å². The standard InChI is InChI=1S/C25H14N4S/c1-2-6-22-16(4-1)18-12-15(7-8-23(18)30-22)19-14-29-21-9-11-26-13-20(21)28-25(29)24-17(19)5-3-10-27-24/h1-14H. The number of rotatable bonds is 1. The predicted molar refractivity (Wildman–Crippen MR) is 124 cm³/mol. The summed E-state index contributed by atoms with van der Waals surface area (Å²) in [7, 11) is 0. The van der Waals surface area contributed by atoms with Gasteiger partial charge in [0.15, 0.2) is 5.65 Å². The molecule has 0 spiro atoms. The molecule has 0 amide bonds. The summed E-state index contributed by atoms with van der Waals surface area (Å²) in [5.41, 5.74) is 6.01. The summed E-state index contributed by atoms with van der Waals surface area (Å²) in [6, 6.07) is 21.5. The molecule has 0 aliphatic heterocycles. The van der Waals surface area contributed by atoms with Crippen molar-refractivity contribution in [3.8, 4) is 11.1 Å². The topological polar surface area (TPSA) is 43.1 Å². The third-order valence-corrected chi connectivity index (χ3v) is 6.90. The van der Waals surface area contributed by atoms with Crippen molar-refractivity contribution >= 4 is 59.1 Å². The maximum Gasteiger partial charge on any atom is 0.164 e. The number of benzene rings is 2. The molecule has 0 aliphatic carbocycles. The molecular formula is C25H14N4S. The first-order chi connectivity index (χ1) is 14.9. The van der Waals surface area contributed by atoms with E-state index in [4.69, 9.17) is 9.97 Å². The van der Waals surface area contributed by atoms with Crippen LogP contribution in [0.4, 0.5) is 0 Å². The van der Waals surface area contributed by atoms with E-state index >= 15 is 0 Å². The van der Waals surface area contributed by atoms with Gasteiger partial charge in [-0.1, -0.05) is 30.3 Å². The monoisotopic (exact) mass is 402 g/mol. The number of aromatic nitrogens is 4. The van der Waals surface area contributed by atoms with Crippen molar-refractivity contribution in [1.29, 1.82) is 0 Å². The quantitative estimate of drug-likeness (QED) is 0.316. The van der Waals surface area contributed by atoms with Crippen molar-refractivity contribution in [3.05, 3.63) is 85.5 Å². The van der Waals surface area contributed by atoms with Crippen LogP contribution in [-0.4, -0.2) is 19.4 Å². The third kappa shape index (κ3) is 2.12. The summed E-state index contributed by atoms with van der Waals surface area (Å²) >= 11 is 1.84. The van der Waals surface area contributed by atoms with E-state index in [2.05, 4.69) is 64.1 Å². The fraction of sp³-hybridized carbons (Fsp3) is 0. The average Bonchev–Trinajstić information content (AvgIpc) is 3.36. The van der Waals surface area contributed by atoms with Crippen molar-refractivity contribution < 1.29 is 0 Å². The molecule has 0 atom stereocenters. The molecule has 0 radical (unpaired) electrons. The van der Waals surface area contributed by atoms with Crippen LogP contribution in [0, 0.1) is 0 Å². The van der Waals surface area contributed by atoms with Gasteiger partial charge in [0, 0.05) is 49.7 Å². The van der Waals surface area contributed by atoms with Gasteiger partial charge in [-0.3, -0.25) is 14.4 Å². The zero-order valence-corrected chi connectivity index (χ0v) is 16.6. The van der Waals surface area contributed by atoms with E-state index in [1.54, 1.807) is 6.20 Å². The number of imidazole rings is 1. The second kappa shape index (κ2) is 5.84. The van der Waals surface area contributed by atoms with E-state index < -0.39 is 0 Å². The van der Waals surface area contributed by atoms with E-state index in [-0.39, 0.29) is 0 Å². The average molecular weight is 402 g/mol. The molecule has 0 bridgehead atoms. The highest BCUT2D eigenvalue weighted by molar-refractivity contribution is 7.25. The Hall–Kier alpha value is -3.83. The Morgan fingerprint density at radius 1 is 0.800 bits per heavy atom. The van der Waals surface area contributed by atoms with Crippen molar-refractivity contribution in [3.63, 3.8) is 0 Å². The minimum atomic E-state index is 0.861. The molecule has 0 fully saturated rings. The number of thiophene rings is 1. The first kappa shape index (κ1) is 16.0. The van der Waals surface area contributed by atoms with Gasteiger partial charge in [0.1, 0.15) is 11.0 Å². The van der Waals surface area contributed by atoms with Gasteiger partial charge in [0.05, 0.1) is 11.7 Å². The van der Waals surface area contributed by atoms with E-state index in [0.717, 1.165) is 33.1 Å². The van der Waals surface area contributed by atoms with Gasteiger partial charge in [-0.05, 0) is 35.9 Å². The number of hydrogen-bond donors (Lipinski definition) is 0. The zero-order chi connectivity index (χ0) is 19.7. The molecule has 2 aromatic carbocycles. The molecule has 0 saturated carbocycles. The first-order valence-corrected chi connectivity index (χ1v) is 10.6. The van der Waals surface area contributed by atoms with Gasteiger partial charge in [-0.15, -0.1) is 11.3 Å². The Bertz CT molecular complexity index is 1760. The molecule has 4 nitrogen and oxygen atoms in total. The molecule has 5 heterocycles. The van der Waals surface area contributed by atoms with E-state index in [1.165, 1.54) is 25.7 Å². The molecule has 0 unspecified atom stereocenters. The Balaban J connectivity index is 1.62. The van der Waals surface area contributed by atoms with Crippen LogP contribution >= 0.6 is 11.3 Å². The Kier molecular flexibility index (Phi) is 3.12. The summed E-state index contributed by atoms with van der Waals surface area (Å²) in [4.78, 5) is 13.7. The molecule has 7 aromatic rings. The largest absolute Gasteiger partial charge is 0.297 e. The summed E-state index contributed by atoms with van der Waals surface area (Å²) in [5, 5.41) is 3.71. The molecule has 0 saturated heterocycles. The number of fused-ring (bicyclic) bond motifs is 8. The highest BCUT2D eigenvalue weighted by atomic mass is 32.1. The molecule has 5 aromatic heterocycles. The molecule has 140 valence electrons. The van der Waals surface area contributed by atoms with Gasteiger partial charge >= 0.3 is 0 Å². The van der Waals surface area contributed by atoms with Crippen LogP contribution in [0.15, 0.2) is 85.5 Å². The molecule has 0 N–H and O–H groups in total. The summed E-state index contributed by atoms with van der Waals surface area (Å²) in [5.74, 6) is 0. The lowest BCUT2D eigenvalue weighted by Crippen LogP contribution is -1.92. The normalized spacial score (nSPS) is 12.0. The fourth-order valence-corrected chi connectivity index (χ4v) is 5.46. The van der Waals surface area contributed by atoms with E-state index in [0.29, 0.717) is 0 Å². The maximum atomic E-state index is 4.80. The van der Waals surface area contributed by atoms with Gasteiger partial charge in [0.25, 0.3) is 0 Å². The summed E-state index contributed by atoms with van der Waals surface area (Å²) < 4.78 is 4.76. The van der Waals surface area contributed by atoms with Crippen LogP contribution in [0.5, 0.6) is 0 Å². The summed E-state index contributed by atoms with van der Waals surface area (Å²) in [6.07, 6.45) is 7.63.